The second kappa shape index (κ2) is 5.52. The number of aromatic hydroxyl groups is 1. The summed E-state index contributed by atoms with van der Waals surface area (Å²) in [6.07, 6.45) is 3.64. The number of phenols is 1. The van der Waals surface area contributed by atoms with Gasteiger partial charge in [-0.25, -0.2) is 0 Å². The third-order valence-electron chi connectivity index (χ3n) is 3.49. The van der Waals surface area contributed by atoms with E-state index in [1.807, 2.05) is 12.1 Å². The van der Waals surface area contributed by atoms with Crippen LogP contribution in [0.1, 0.15) is 36.9 Å². The van der Waals surface area contributed by atoms with E-state index in [4.69, 9.17) is 4.74 Å². The summed E-state index contributed by atoms with van der Waals surface area (Å²) in [5.41, 5.74) is 2.61. The van der Waals surface area contributed by atoms with Crippen LogP contribution in [-0.4, -0.2) is 24.9 Å². The SMILES string of the molecule is COC(C)CNC1CCCc2cc(O)ccc21. The molecule has 0 spiro atoms. The van der Waals surface area contributed by atoms with Crippen molar-refractivity contribution in [3.05, 3.63) is 29.3 Å². The highest BCUT2D eigenvalue weighted by atomic mass is 16.5. The van der Waals surface area contributed by atoms with Crippen molar-refractivity contribution < 1.29 is 9.84 Å². The first-order valence-corrected chi connectivity index (χ1v) is 6.28. The number of hydrogen-bond acceptors (Lipinski definition) is 3. The van der Waals surface area contributed by atoms with Gasteiger partial charge >= 0.3 is 0 Å². The number of hydrogen-bond donors (Lipinski definition) is 2. The highest BCUT2D eigenvalue weighted by molar-refractivity contribution is 5.38. The third-order valence-corrected chi connectivity index (χ3v) is 3.49. The van der Waals surface area contributed by atoms with Gasteiger partial charge in [0, 0.05) is 19.7 Å². The molecule has 2 atom stereocenters. The van der Waals surface area contributed by atoms with E-state index in [9.17, 15) is 5.11 Å². The van der Waals surface area contributed by atoms with E-state index in [-0.39, 0.29) is 6.10 Å². The average Bonchev–Trinajstić information content (AvgIpc) is 2.35. The summed E-state index contributed by atoms with van der Waals surface area (Å²) in [7, 11) is 1.74. The summed E-state index contributed by atoms with van der Waals surface area (Å²) < 4.78 is 5.25. The van der Waals surface area contributed by atoms with Crippen LogP contribution in [0, 0.1) is 0 Å². The Labute approximate surface area is 103 Å². The number of fused-ring (bicyclic) bond motifs is 1. The zero-order valence-electron chi connectivity index (χ0n) is 10.6. The number of aryl methyl sites for hydroxylation is 1. The van der Waals surface area contributed by atoms with Crippen molar-refractivity contribution in [2.24, 2.45) is 0 Å². The van der Waals surface area contributed by atoms with E-state index in [0.29, 0.717) is 11.8 Å². The minimum Gasteiger partial charge on any atom is -0.508 e. The summed E-state index contributed by atoms with van der Waals surface area (Å²) in [6, 6.07) is 6.11. The van der Waals surface area contributed by atoms with Crippen LogP contribution in [-0.2, 0) is 11.2 Å². The Morgan fingerprint density at radius 2 is 2.35 bits per heavy atom. The molecule has 0 fully saturated rings. The molecule has 3 heteroatoms. The summed E-state index contributed by atoms with van der Waals surface area (Å²) >= 11 is 0. The molecule has 1 aliphatic carbocycles. The van der Waals surface area contributed by atoms with Crippen molar-refractivity contribution in [3.63, 3.8) is 0 Å². The van der Waals surface area contributed by atoms with Crippen molar-refractivity contribution >= 4 is 0 Å². The molecule has 2 N–H and O–H groups in total. The van der Waals surface area contributed by atoms with Crippen molar-refractivity contribution in [2.45, 2.75) is 38.3 Å². The van der Waals surface area contributed by atoms with Gasteiger partial charge in [-0.1, -0.05) is 6.07 Å². The van der Waals surface area contributed by atoms with Gasteiger partial charge in [0.25, 0.3) is 0 Å². The Bertz CT molecular complexity index is 378. The average molecular weight is 235 g/mol. The molecule has 0 aromatic heterocycles. The molecule has 0 saturated heterocycles. The van der Waals surface area contributed by atoms with Gasteiger partial charge in [0.2, 0.25) is 0 Å². The van der Waals surface area contributed by atoms with Crippen LogP contribution in [0.3, 0.4) is 0 Å². The van der Waals surface area contributed by atoms with Gasteiger partial charge in [0.1, 0.15) is 5.75 Å². The minimum atomic E-state index is 0.234. The molecule has 3 nitrogen and oxygen atoms in total. The zero-order chi connectivity index (χ0) is 12.3. The summed E-state index contributed by atoms with van der Waals surface area (Å²) in [5, 5.41) is 13.0. The lowest BCUT2D eigenvalue weighted by Crippen LogP contribution is -2.31. The molecule has 1 aromatic rings. The van der Waals surface area contributed by atoms with Crippen LogP contribution in [0.5, 0.6) is 5.75 Å². The molecule has 0 radical (unpaired) electrons. The van der Waals surface area contributed by atoms with Crippen LogP contribution in [0.25, 0.3) is 0 Å². The minimum absolute atomic E-state index is 0.234. The first-order valence-electron chi connectivity index (χ1n) is 6.28. The lowest BCUT2D eigenvalue weighted by atomic mass is 9.87. The second-order valence-electron chi connectivity index (χ2n) is 4.78. The number of benzene rings is 1. The van der Waals surface area contributed by atoms with Crippen molar-refractivity contribution in [1.82, 2.24) is 5.32 Å². The molecular weight excluding hydrogens is 214 g/mol. The van der Waals surface area contributed by atoms with E-state index in [2.05, 4.69) is 12.2 Å². The first-order chi connectivity index (χ1) is 8.20. The summed E-state index contributed by atoms with van der Waals surface area (Å²) in [4.78, 5) is 0. The topological polar surface area (TPSA) is 41.5 Å². The highest BCUT2D eigenvalue weighted by Crippen LogP contribution is 2.31. The fourth-order valence-corrected chi connectivity index (χ4v) is 2.40. The fourth-order valence-electron chi connectivity index (χ4n) is 2.40. The fraction of sp³-hybridized carbons (Fsp3) is 0.571. The Balaban J connectivity index is 2.06. The highest BCUT2D eigenvalue weighted by Gasteiger charge is 2.20. The normalized spacial score (nSPS) is 20.9. The van der Waals surface area contributed by atoms with Crippen LogP contribution in [0.15, 0.2) is 18.2 Å². The molecule has 0 saturated carbocycles. The maximum Gasteiger partial charge on any atom is 0.115 e. The van der Waals surface area contributed by atoms with Crippen molar-refractivity contribution in [1.29, 1.82) is 0 Å². The van der Waals surface area contributed by atoms with E-state index < -0.39 is 0 Å². The van der Waals surface area contributed by atoms with Gasteiger partial charge in [-0.05, 0) is 49.4 Å². The predicted octanol–water partition coefficient (Wildman–Crippen LogP) is 2.39. The number of nitrogens with one attached hydrogen (secondary N) is 1. The van der Waals surface area contributed by atoms with E-state index in [1.165, 1.54) is 17.5 Å². The van der Waals surface area contributed by atoms with Gasteiger partial charge in [0.05, 0.1) is 6.10 Å². The van der Waals surface area contributed by atoms with Crippen LogP contribution >= 0.6 is 0 Å². The Hall–Kier alpha value is -1.06. The van der Waals surface area contributed by atoms with Gasteiger partial charge in [0.15, 0.2) is 0 Å². The standard InChI is InChI=1S/C14H21NO2/c1-10(17-2)9-15-14-5-3-4-11-8-12(16)6-7-13(11)14/h6-8,10,14-16H,3-5,9H2,1-2H3. The molecule has 0 aliphatic heterocycles. The molecule has 1 aromatic carbocycles. The van der Waals surface area contributed by atoms with Crippen molar-refractivity contribution in [3.8, 4) is 5.75 Å². The van der Waals surface area contributed by atoms with Gasteiger partial charge in [-0.3, -0.25) is 0 Å². The van der Waals surface area contributed by atoms with E-state index in [0.717, 1.165) is 19.4 Å². The summed E-state index contributed by atoms with van der Waals surface area (Å²) in [5.74, 6) is 0.370. The zero-order valence-corrected chi connectivity index (χ0v) is 10.6. The van der Waals surface area contributed by atoms with Gasteiger partial charge < -0.3 is 15.2 Å². The molecule has 0 bridgehead atoms. The maximum absolute atomic E-state index is 9.49. The molecule has 0 heterocycles. The van der Waals surface area contributed by atoms with Crippen LogP contribution in [0.4, 0.5) is 0 Å². The van der Waals surface area contributed by atoms with E-state index in [1.54, 1.807) is 13.2 Å². The largest absolute Gasteiger partial charge is 0.508 e. The Kier molecular flexibility index (Phi) is 4.02. The number of ether oxygens (including phenoxy) is 1. The quantitative estimate of drug-likeness (QED) is 0.842. The maximum atomic E-state index is 9.49. The molecule has 2 rings (SSSR count). The predicted molar refractivity (Wildman–Crippen MR) is 68.3 cm³/mol. The first kappa shape index (κ1) is 12.4. The lowest BCUT2D eigenvalue weighted by molar-refractivity contribution is 0.113. The molecule has 1 aliphatic rings. The number of methoxy groups -OCH3 is 1. The molecular formula is C14H21NO2. The summed E-state index contributed by atoms with van der Waals surface area (Å²) in [6.45, 7) is 2.93. The lowest BCUT2D eigenvalue weighted by Gasteiger charge is -2.27. The monoisotopic (exact) mass is 235 g/mol. The molecule has 17 heavy (non-hydrogen) atoms. The third kappa shape index (κ3) is 2.99. The smallest absolute Gasteiger partial charge is 0.115 e. The van der Waals surface area contributed by atoms with Crippen molar-refractivity contribution in [2.75, 3.05) is 13.7 Å². The molecule has 2 unspecified atom stereocenters. The Morgan fingerprint density at radius 3 is 3.12 bits per heavy atom. The number of phenolic OH excluding ortho intramolecular Hbond substituents is 1. The van der Waals surface area contributed by atoms with Gasteiger partial charge in [-0.15, -0.1) is 0 Å². The van der Waals surface area contributed by atoms with Crippen LogP contribution in [0.2, 0.25) is 0 Å². The number of rotatable bonds is 4. The van der Waals surface area contributed by atoms with Crippen LogP contribution < -0.4 is 5.32 Å². The molecule has 94 valence electrons. The Morgan fingerprint density at radius 1 is 1.53 bits per heavy atom. The van der Waals surface area contributed by atoms with E-state index >= 15 is 0 Å². The van der Waals surface area contributed by atoms with Gasteiger partial charge in [-0.2, -0.15) is 0 Å². The second-order valence-corrected chi connectivity index (χ2v) is 4.78. The molecule has 0 amide bonds.